The highest BCUT2D eigenvalue weighted by Gasteiger charge is 2.55. The molecule has 0 spiro atoms. The predicted octanol–water partition coefficient (Wildman–Crippen LogP) is 4.02. The molecule has 1 saturated heterocycles. The molecule has 1 amide bonds. The average molecular weight is 440 g/mol. The number of halogens is 1. The van der Waals surface area contributed by atoms with E-state index in [0.717, 1.165) is 22.9 Å². The van der Waals surface area contributed by atoms with Gasteiger partial charge in [-0.15, -0.1) is 0 Å². The second kappa shape index (κ2) is 7.43. The zero-order chi connectivity index (χ0) is 19.8. The molecule has 0 aromatic heterocycles. The summed E-state index contributed by atoms with van der Waals surface area (Å²) in [5, 5.41) is 9.18. The molecule has 1 heterocycles. The number of likely N-dealkylation sites (tertiary alicyclic amines) is 1. The standard InChI is InChI=1S/C20H26BrNO5/c1-19(2,3)27-18(25)22-10-13-7-8-20(16(13)11-22,26-12-17(23)24)14-5-4-6-15(21)9-14/h4-6,9,13,16H,7-8,10-12H2,1-3H3,(H,23,24). The van der Waals surface area contributed by atoms with Crippen LogP contribution in [0, 0.1) is 11.8 Å². The van der Waals surface area contributed by atoms with Crippen LogP contribution >= 0.6 is 15.9 Å². The van der Waals surface area contributed by atoms with Gasteiger partial charge < -0.3 is 19.5 Å². The van der Waals surface area contributed by atoms with Crippen LogP contribution in [0.15, 0.2) is 28.7 Å². The maximum Gasteiger partial charge on any atom is 0.410 e. The van der Waals surface area contributed by atoms with Gasteiger partial charge in [0.15, 0.2) is 0 Å². The number of carbonyl (C=O) groups excluding carboxylic acids is 1. The van der Waals surface area contributed by atoms with Crippen molar-refractivity contribution in [1.29, 1.82) is 0 Å². The molecular weight excluding hydrogens is 414 g/mol. The van der Waals surface area contributed by atoms with Crippen molar-refractivity contribution in [2.45, 2.75) is 44.8 Å². The van der Waals surface area contributed by atoms with Crippen LogP contribution in [0.5, 0.6) is 0 Å². The van der Waals surface area contributed by atoms with Gasteiger partial charge in [0.2, 0.25) is 0 Å². The van der Waals surface area contributed by atoms with Crippen molar-refractivity contribution in [3.8, 4) is 0 Å². The molecule has 3 atom stereocenters. The molecule has 6 nitrogen and oxygen atoms in total. The minimum atomic E-state index is -0.991. The number of carbonyl (C=O) groups is 2. The fraction of sp³-hybridized carbons (Fsp3) is 0.600. The summed E-state index contributed by atoms with van der Waals surface area (Å²) in [4.78, 5) is 25.5. The first-order chi connectivity index (χ1) is 12.6. The third kappa shape index (κ3) is 4.29. The normalized spacial score (nSPS) is 27.5. The summed E-state index contributed by atoms with van der Waals surface area (Å²) in [6.45, 7) is 6.32. The summed E-state index contributed by atoms with van der Waals surface area (Å²) in [5.74, 6) is -0.682. The van der Waals surface area contributed by atoms with Gasteiger partial charge in [-0.05, 0) is 57.2 Å². The second-order valence-electron chi connectivity index (χ2n) is 8.37. The molecule has 1 saturated carbocycles. The van der Waals surface area contributed by atoms with E-state index in [1.54, 1.807) is 4.90 Å². The van der Waals surface area contributed by atoms with Crippen LogP contribution in [0.2, 0.25) is 0 Å². The van der Waals surface area contributed by atoms with E-state index in [1.165, 1.54) is 0 Å². The highest BCUT2D eigenvalue weighted by molar-refractivity contribution is 9.10. The van der Waals surface area contributed by atoms with Crippen molar-refractivity contribution >= 4 is 28.0 Å². The number of benzene rings is 1. The van der Waals surface area contributed by atoms with E-state index < -0.39 is 17.2 Å². The minimum Gasteiger partial charge on any atom is -0.480 e. The van der Waals surface area contributed by atoms with Crippen molar-refractivity contribution < 1.29 is 24.2 Å². The SMILES string of the molecule is CC(C)(C)OC(=O)N1CC2CCC(OCC(=O)O)(c3cccc(Br)c3)C2C1. The Morgan fingerprint density at radius 3 is 2.70 bits per heavy atom. The first-order valence-corrected chi connectivity index (χ1v) is 10.00. The average Bonchev–Trinajstić information content (AvgIpc) is 3.11. The Kier molecular flexibility index (Phi) is 5.54. The monoisotopic (exact) mass is 439 g/mol. The van der Waals surface area contributed by atoms with Crippen molar-refractivity contribution in [3.05, 3.63) is 34.3 Å². The van der Waals surface area contributed by atoms with E-state index in [-0.39, 0.29) is 24.5 Å². The van der Waals surface area contributed by atoms with Crippen LogP contribution in [0.4, 0.5) is 4.79 Å². The molecule has 0 radical (unpaired) electrons. The lowest BCUT2D eigenvalue weighted by molar-refractivity contribution is -0.154. The maximum atomic E-state index is 12.5. The third-order valence-corrected chi connectivity index (χ3v) is 5.84. The number of carboxylic acid groups (broad SMARTS) is 1. The number of carboxylic acids is 1. The van der Waals surface area contributed by atoms with Crippen LogP contribution in [0.3, 0.4) is 0 Å². The molecular formula is C20H26BrNO5. The largest absolute Gasteiger partial charge is 0.480 e. The Labute approximate surface area is 168 Å². The van der Waals surface area contributed by atoms with E-state index in [0.29, 0.717) is 13.1 Å². The van der Waals surface area contributed by atoms with Crippen LogP contribution < -0.4 is 0 Å². The molecule has 3 rings (SSSR count). The third-order valence-electron chi connectivity index (χ3n) is 5.34. The van der Waals surface area contributed by atoms with Crippen LogP contribution in [0.1, 0.15) is 39.2 Å². The van der Waals surface area contributed by atoms with Gasteiger partial charge in [-0.1, -0.05) is 28.1 Å². The topological polar surface area (TPSA) is 76.1 Å². The van der Waals surface area contributed by atoms with E-state index in [2.05, 4.69) is 15.9 Å². The van der Waals surface area contributed by atoms with E-state index in [1.807, 2.05) is 45.0 Å². The first kappa shape index (κ1) is 20.1. The molecule has 148 valence electrons. The lowest BCUT2D eigenvalue weighted by atomic mass is 9.82. The number of fused-ring (bicyclic) bond motifs is 1. The number of aliphatic carboxylic acids is 1. The summed E-state index contributed by atoms with van der Waals surface area (Å²) in [6, 6.07) is 7.83. The van der Waals surface area contributed by atoms with Crippen LogP contribution in [0.25, 0.3) is 0 Å². The Morgan fingerprint density at radius 1 is 1.33 bits per heavy atom. The predicted molar refractivity (Wildman–Crippen MR) is 103 cm³/mol. The van der Waals surface area contributed by atoms with Gasteiger partial charge in [-0.2, -0.15) is 0 Å². The Hall–Kier alpha value is -1.60. The van der Waals surface area contributed by atoms with Gasteiger partial charge in [0.1, 0.15) is 12.2 Å². The Balaban J connectivity index is 1.87. The van der Waals surface area contributed by atoms with Crippen molar-refractivity contribution in [3.63, 3.8) is 0 Å². The van der Waals surface area contributed by atoms with E-state index in [9.17, 15) is 14.7 Å². The molecule has 2 fully saturated rings. The Bertz CT molecular complexity index is 731. The molecule has 2 aliphatic rings. The van der Waals surface area contributed by atoms with Crippen LogP contribution in [-0.4, -0.2) is 47.4 Å². The van der Waals surface area contributed by atoms with Gasteiger partial charge >= 0.3 is 12.1 Å². The van der Waals surface area contributed by atoms with Crippen LogP contribution in [-0.2, 0) is 19.9 Å². The minimum absolute atomic E-state index is 0.0404. The second-order valence-corrected chi connectivity index (χ2v) is 9.29. The molecule has 1 aliphatic carbocycles. The number of ether oxygens (including phenoxy) is 2. The highest BCUT2D eigenvalue weighted by atomic mass is 79.9. The Morgan fingerprint density at radius 2 is 2.07 bits per heavy atom. The highest BCUT2D eigenvalue weighted by Crippen LogP contribution is 2.53. The molecule has 27 heavy (non-hydrogen) atoms. The molecule has 1 aromatic rings. The maximum absolute atomic E-state index is 12.5. The van der Waals surface area contributed by atoms with Gasteiger partial charge in [-0.25, -0.2) is 9.59 Å². The number of hydrogen-bond acceptors (Lipinski definition) is 4. The lowest BCUT2D eigenvalue weighted by Crippen LogP contribution is -2.41. The summed E-state index contributed by atoms with van der Waals surface area (Å²) in [5.41, 5.74) is -0.295. The van der Waals surface area contributed by atoms with E-state index >= 15 is 0 Å². The van der Waals surface area contributed by atoms with Crippen molar-refractivity contribution in [1.82, 2.24) is 4.90 Å². The van der Waals surface area contributed by atoms with E-state index in [4.69, 9.17) is 9.47 Å². The summed E-state index contributed by atoms with van der Waals surface area (Å²) in [6.07, 6.45) is 1.31. The van der Waals surface area contributed by atoms with Crippen molar-refractivity contribution in [2.75, 3.05) is 19.7 Å². The molecule has 3 unspecified atom stereocenters. The van der Waals surface area contributed by atoms with Gasteiger partial charge in [-0.3, -0.25) is 0 Å². The molecule has 7 heteroatoms. The van der Waals surface area contributed by atoms with Crippen molar-refractivity contribution in [2.24, 2.45) is 11.8 Å². The summed E-state index contributed by atoms with van der Waals surface area (Å²) in [7, 11) is 0. The number of rotatable bonds is 4. The zero-order valence-electron chi connectivity index (χ0n) is 15.9. The number of hydrogen-bond donors (Lipinski definition) is 1. The smallest absolute Gasteiger partial charge is 0.410 e. The molecule has 1 aromatic carbocycles. The summed E-state index contributed by atoms with van der Waals surface area (Å²) < 4.78 is 12.5. The fourth-order valence-electron chi connectivity index (χ4n) is 4.32. The zero-order valence-corrected chi connectivity index (χ0v) is 17.5. The fourth-order valence-corrected chi connectivity index (χ4v) is 4.72. The van der Waals surface area contributed by atoms with Gasteiger partial charge in [0.25, 0.3) is 0 Å². The summed E-state index contributed by atoms with van der Waals surface area (Å²) >= 11 is 3.50. The number of amides is 1. The molecule has 1 N–H and O–H groups in total. The quantitative estimate of drug-likeness (QED) is 0.766. The van der Waals surface area contributed by atoms with Gasteiger partial charge in [0, 0.05) is 23.5 Å². The molecule has 0 bridgehead atoms. The van der Waals surface area contributed by atoms with Gasteiger partial charge in [0.05, 0.1) is 5.60 Å². The molecule has 1 aliphatic heterocycles. The lowest BCUT2D eigenvalue weighted by Gasteiger charge is -2.36. The first-order valence-electron chi connectivity index (χ1n) is 9.20. The number of nitrogens with zero attached hydrogens (tertiary/aromatic N) is 1.